The fraction of sp³-hybridized carbons (Fsp3) is 0.625. The zero-order chi connectivity index (χ0) is 15.5. The van der Waals surface area contributed by atoms with Gasteiger partial charge in [-0.15, -0.1) is 0 Å². The van der Waals surface area contributed by atoms with Crippen LogP contribution in [0.3, 0.4) is 0 Å². The molecule has 1 aliphatic rings. The summed E-state index contributed by atoms with van der Waals surface area (Å²) in [6.07, 6.45) is 7.76. The number of benzene rings is 1. The van der Waals surface area contributed by atoms with Gasteiger partial charge in [-0.3, -0.25) is 0 Å². The molecule has 0 aromatic heterocycles. The monoisotopic (exact) mass is 329 g/mol. The van der Waals surface area contributed by atoms with Crippen LogP contribution in [0.15, 0.2) is 17.0 Å². The van der Waals surface area contributed by atoms with Gasteiger partial charge in [-0.1, -0.05) is 43.7 Å². The molecule has 1 aromatic rings. The zero-order valence-electron chi connectivity index (χ0n) is 12.8. The van der Waals surface area contributed by atoms with Gasteiger partial charge in [0.25, 0.3) is 0 Å². The molecule has 0 heterocycles. The van der Waals surface area contributed by atoms with E-state index in [2.05, 4.69) is 4.72 Å². The van der Waals surface area contributed by atoms with Gasteiger partial charge in [-0.2, -0.15) is 0 Å². The Labute approximate surface area is 133 Å². The van der Waals surface area contributed by atoms with E-state index in [1.54, 1.807) is 19.1 Å². The molecule has 1 aliphatic carbocycles. The van der Waals surface area contributed by atoms with Gasteiger partial charge >= 0.3 is 0 Å². The summed E-state index contributed by atoms with van der Waals surface area (Å²) in [5.41, 5.74) is 1.49. The standard InChI is InChI=1S/C16H24ClNO2S/c1-12-11-16(13(2)10-15(12)17)21(19,20)18-14-8-6-4-3-5-7-9-14/h10-11,14,18H,3-9H2,1-2H3. The molecule has 1 aromatic carbocycles. The number of nitrogens with one attached hydrogen (secondary N) is 1. The third kappa shape index (κ3) is 4.44. The highest BCUT2D eigenvalue weighted by atomic mass is 35.5. The van der Waals surface area contributed by atoms with Gasteiger partial charge < -0.3 is 0 Å². The van der Waals surface area contributed by atoms with Crippen LogP contribution in [0, 0.1) is 13.8 Å². The average Bonchev–Trinajstić information content (AvgIpc) is 2.36. The van der Waals surface area contributed by atoms with E-state index in [0.717, 1.165) is 31.2 Å². The summed E-state index contributed by atoms with van der Waals surface area (Å²) >= 11 is 6.05. The molecule has 118 valence electrons. The van der Waals surface area contributed by atoms with Crippen LogP contribution in [0.4, 0.5) is 0 Å². The van der Waals surface area contributed by atoms with Crippen molar-refractivity contribution >= 4 is 21.6 Å². The van der Waals surface area contributed by atoms with Crippen LogP contribution < -0.4 is 4.72 Å². The maximum Gasteiger partial charge on any atom is 0.241 e. The second kappa shape index (κ2) is 7.12. The number of halogens is 1. The minimum Gasteiger partial charge on any atom is -0.208 e. The van der Waals surface area contributed by atoms with Crippen molar-refractivity contribution in [2.45, 2.75) is 69.7 Å². The van der Waals surface area contributed by atoms with Crippen molar-refractivity contribution in [1.82, 2.24) is 4.72 Å². The molecule has 1 fully saturated rings. The van der Waals surface area contributed by atoms with Crippen molar-refractivity contribution in [3.05, 3.63) is 28.3 Å². The molecule has 5 heteroatoms. The Bertz CT molecular complexity index is 591. The van der Waals surface area contributed by atoms with Gasteiger partial charge in [0.05, 0.1) is 4.90 Å². The molecule has 0 radical (unpaired) electrons. The molecule has 3 nitrogen and oxygen atoms in total. The largest absolute Gasteiger partial charge is 0.241 e. The molecule has 0 aliphatic heterocycles. The van der Waals surface area contributed by atoms with Gasteiger partial charge in [-0.25, -0.2) is 13.1 Å². The Morgan fingerprint density at radius 2 is 1.57 bits per heavy atom. The summed E-state index contributed by atoms with van der Waals surface area (Å²) in [5, 5.41) is 0.609. The summed E-state index contributed by atoms with van der Waals surface area (Å²) in [4.78, 5) is 0.353. The average molecular weight is 330 g/mol. The van der Waals surface area contributed by atoms with Crippen LogP contribution in [0.5, 0.6) is 0 Å². The maximum atomic E-state index is 12.6. The number of hydrogen-bond acceptors (Lipinski definition) is 2. The molecule has 0 spiro atoms. The third-order valence-corrected chi connectivity index (χ3v) is 6.24. The number of sulfonamides is 1. The molecule has 0 atom stereocenters. The van der Waals surface area contributed by atoms with Gasteiger partial charge in [-0.05, 0) is 49.9 Å². The highest BCUT2D eigenvalue weighted by Crippen LogP contribution is 2.25. The minimum absolute atomic E-state index is 0.0608. The van der Waals surface area contributed by atoms with Gasteiger partial charge in [0, 0.05) is 11.1 Å². The second-order valence-corrected chi connectivity index (χ2v) is 8.12. The van der Waals surface area contributed by atoms with Crippen LogP contribution >= 0.6 is 11.6 Å². The van der Waals surface area contributed by atoms with Crippen molar-refractivity contribution in [3.63, 3.8) is 0 Å². The molecular weight excluding hydrogens is 306 g/mol. The highest BCUT2D eigenvalue weighted by molar-refractivity contribution is 7.89. The first kappa shape index (κ1) is 16.8. The van der Waals surface area contributed by atoms with E-state index >= 15 is 0 Å². The third-order valence-electron chi connectivity index (χ3n) is 4.17. The molecule has 2 rings (SSSR count). The van der Waals surface area contributed by atoms with Gasteiger partial charge in [0.1, 0.15) is 0 Å². The first-order valence-electron chi connectivity index (χ1n) is 7.69. The Hall–Kier alpha value is -0.580. The smallest absolute Gasteiger partial charge is 0.208 e. The van der Waals surface area contributed by atoms with Crippen LogP contribution in [-0.2, 0) is 10.0 Å². The van der Waals surface area contributed by atoms with Crippen LogP contribution in [0.25, 0.3) is 0 Å². The summed E-state index contributed by atoms with van der Waals surface area (Å²) in [7, 11) is -3.47. The molecule has 1 N–H and O–H groups in total. The zero-order valence-corrected chi connectivity index (χ0v) is 14.4. The number of hydrogen-bond donors (Lipinski definition) is 1. The molecule has 0 saturated heterocycles. The number of aryl methyl sites for hydroxylation is 2. The Morgan fingerprint density at radius 3 is 2.19 bits per heavy atom. The highest BCUT2D eigenvalue weighted by Gasteiger charge is 2.22. The van der Waals surface area contributed by atoms with Crippen molar-refractivity contribution in [2.75, 3.05) is 0 Å². The SMILES string of the molecule is Cc1cc(S(=O)(=O)NC2CCCCCCC2)c(C)cc1Cl. The number of rotatable bonds is 3. The van der Waals surface area contributed by atoms with E-state index in [1.165, 1.54) is 19.3 Å². The lowest BCUT2D eigenvalue weighted by molar-refractivity contribution is 0.426. The Morgan fingerprint density at radius 1 is 1.00 bits per heavy atom. The first-order chi connectivity index (χ1) is 9.90. The van der Waals surface area contributed by atoms with Crippen molar-refractivity contribution in [3.8, 4) is 0 Å². The van der Waals surface area contributed by atoms with E-state index in [1.807, 2.05) is 6.92 Å². The Balaban J connectivity index is 2.19. The summed E-state index contributed by atoms with van der Waals surface area (Å²) in [6.45, 7) is 3.62. The van der Waals surface area contributed by atoms with E-state index in [0.29, 0.717) is 15.5 Å². The first-order valence-corrected chi connectivity index (χ1v) is 9.55. The van der Waals surface area contributed by atoms with Crippen molar-refractivity contribution in [2.24, 2.45) is 0 Å². The van der Waals surface area contributed by atoms with E-state index in [4.69, 9.17) is 11.6 Å². The lowest BCUT2D eigenvalue weighted by Gasteiger charge is -2.21. The lowest BCUT2D eigenvalue weighted by atomic mass is 9.97. The quantitative estimate of drug-likeness (QED) is 0.896. The molecule has 0 amide bonds. The summed E-state index contributed by atoms with van der Waals surface area (Å²) in [5.74, 6) is 0. The second-order valence-electron chi connectivity index (χ2n) is 6.03. The van der Waals surface area contributed by atoms with Gasteiger partial charge in [0.2, 0.25) is 10.0 Å². The Kier molecular flexibility index (Phi) is 5.69. The van der Waals surface area contributed by atoms with Crippen molar-refractivity contribution in [1.29, 1.82) is 0 Å². The summed E-state index contributed by atoms with van der Waals surface area (Å²) < 4.78 is 28.2. The van der Waals surface area contributed by atoms with Crippen LogP contribution in [-0.4, -0.2) is 14.5 Å². The molecule has 1 saturated carbocycles. The van der Waals surface area contributed by atoms with Gasteiger partial charge in [0.15, 0.2) is 0 Å². The minimum atomic E-state index is -3.47. The predicted octanol–water partition coefficient (Wildman–Crippen LogP) is 4.35. The normalized spacial score (nSPS) is 18.2. The van der Waals surface area contributed by atoms with E-state index < -0.39 is 10.0 Å². The van der Waals surface area contributed by atoms with E-state index in [-0.39, 0.29) is 6.04 Å². The maximum absolute atomic E-state index is 12.6. The molecule has 21 heavy (non-hydrogen) atoms. The van der Waals surface area contributed by atoms with Crippen LogP contribution in [0.2, 0.25) is 5.02 Å². The molecule has 0 unspecified atom stereocenters. The van der Waals surface area contributed by atoms with Crippen LogP contribution in [0.1, 0.15) is 56.1 Å². The molecule has 0 bridgehead atoms. The lowest BCUT2D eigenvalue weighted by Crippen LogP contribution is -2.35. The predicted molar refractivity (Wildman–Crippen MR) is 87.4 cm³/mol. The fourth-order valence-electron chi connectivity index (χ4n) is 2.90. The molecular formula is C16H24ClNO2S. The topological polar surface area (TPSA) is 46.2 Å². The summed E-state index contributed by atoms with van der Waals surface area (Å²) in [6, 6.07) is 3.46. The van der Waals surface area contributed by atoms with E-state index in [9.17, 15) is 8.42 Å². The fourth-order valence-corrected chi connectivity index (χ4v) is 4.74. The van der Waals surface area contributed by atoms with Crippen molar-refractivity contribution < 1.29 is 8.42 Å².